The van der Waals surface area contributed by atoms with Crippen molar-refractivity contribution in [2.45, 2.75) is 25.4 Å². The Morgan fingerprint density at radius 3 is 2.91 bits per heavy atom. The van der Waals surface area contributed by atoms with E-state index in [9.17, 15) is 18.0 Å². The standard InChI is InChI=1S/C15H13ClF3N3O/c16-10-3-2-9(15(17,18)19)6-12(10)22-14(23)8-1-4-11-13(5-8)21-7-20-11/h2-3,6-8H,1,4-5H2,(H,20,21)(H,22,23). The molecular formula is C15H13ClF3N3O. The molecule has 4 nitrogen and oxygen atoms in total. The number of benzene rings is 1. The average Bonchev–Trinajstić information content (AvgIpc) is 2.95. The van der Waals surface area contributed by atoms with Crippen LogP contribution in [0.2, 0.25) is 5.02 Å². The number of alkyl halides is 3. The van der Waals surface area contributed by atoms with Crippen LogP contribution in [0.25, 0.3) is 0 Å². The van der Waals surface area contributed by atoms with Gasteiger partial charge in [0.05, 0.1) is 28.3 Å². The summed E-state index contributed by atoms with van der Waals surface area (Å²) in [6, 6.07) is 2.87. The molecule has 0 aliphatic heterocycles. The van der Waals surface area contributed by atoms with Gasteiger partial charge in [-0.1, -0.05) is 11.6 Å². The smallest absolute Gasteiger partial charge is 0.348 e. The quantitative estimate of drug-likeness (QED) is 0.870. The molecule has 1 aliphatic rings. The molecule has 8 heteroatoms. The van der Waals surface area contributed by atoms with Crippen molar-refractivity contribution in [3.05, 3.63) is 46.5 Å². The van der Waals surface area contributed by atoms with Gasteiger partial charge in [-0.05, 0) is 31.0 Å². The van der Waals surface area contributed by atoms with E-state index < -0.39 is 11.7 Å². The molecule has 0 radical (unpaired) electrons. The first-order chi connectivity index (χ1) is 10.8. The highest BCUT2D eigenvalue weighted by Crippen LogP contribution is 2.34. The summed E-state index contributed by atoms with van der Waals surface area (Å²) in [5.74, 6) is -0.667. The van der Waals surface area contributed by atoms with E-state index in [2.05, 4.69) is 15.3 Å². The molecule has 1 atom stereocenters. The first kappa shape index (κ1) is 15.9. The van der Waals surface area contributed by atoms with Gasteiger partial charge >= 0.3 is 6.18 Å². The Morgan fingerprint density at radius 1 is 1.39 bits per heavy atom. The van der Waals surface area contributed by atoms with E-state index >= 15 is 0 Å². The summed E-state index contributed by atoms with van der Waals surface area (Å²) in [6.45, 7) is 0. The Kier molecular flexibility index (Phi) is 4.06. The molecule has 0 saturated carbocycles. The van der Waals surface area contributed by atoms with Crippen LogP contribution in [0.1, 0.15) is 23.4 Å². The number of nitrogens with zero attached hydrogens (tertiary/aromatic N) is 1. The molecule has 0 spiro atoms. The van der Waals surface area contributed by atoms with Crippen LogP contribution in [0.4, 0.5) is 18.9 Å². The van der Waals surface area contributed by atoms with Crippen LogP contribution in [0, 0.1) is 5.92 Å². The van der Waals surface area contributed by atoms with E-state index in [1.807, 2.05) is 0 Å². The molecule has 2 aromatic rings. The van der Waals surface area contributed by atoms with Gasteiger partial charge in [-0.2, -0.15) is 13.2 Å². The summed E-state index contributed by atoms with van der Waals surface area (Å²) in [6.07, 6.45) is -1.17. The number of hydrogen-bond acceptors (Lipinski definition) is 2. The molecule has 1 aromatic heterocycles. The number of aromatic amines is 1. The predicted molar refractivity (Wildman–Crippen MR) is 79.2 cm³/mol. The lowest BCUT2D eigenvalue weighted by atomic mass is 9.89. The van der Waals surface area contributed by atoms with Crippen molar-refractivity contribution >= 4 is 23.2 Å². The van der Waals surface area contributed by atoms with E-state index in [-0.39, 0.29) is 22.5 Å². The van der Waals surface area contributed by atoms with Gasteiger partial charge < -0.3 is 10.3 Å². The molecule has 122 valence electrons. The summed E-state index contributed by atoms with van der Waals surface area (Å²) >= 11 is 5.89. The molecule has 1 aliphatic carbocycles. The monoisotopic (exact) mass is 343 g/mol. The zero-order chi connectivity index (χ0) is 16.6. The number of amides is 1. The lowest BCUT2D eigenvalue weighted by Crippen LogP contribution is -2.28. The number of imidazole rings is 1. The van der Waals surface area contributed by atoms with Gasteiger partial charge in [0.25, 0.3) is 0 Å². The van der Waals surface area contributed by atoms with Gasteiger partial charge in [0.1, 0.15) is 0 Å². The topological polar surface area (TPSA) is 57.8 Å². The normalized spacial score (nSPS) is 17.7. The van der Waals surface area contributed by atoms with E-state index in [0.717, 1.165) is 29.6 Å². The summed E-state index contributed by atoms with van der Waals surface area (Å²) in [5, 5.41) is 2.58. The van der Waals surface area contributed by atoms with Gasteiger partial charge in [-0.25, -0.2) is 4.98 Å². The molecule has 0 bridgehead atoms. The van der Waals surface area contributed by atoms with E-state index in [1.165, 1.54) is 0 Å². The number of halogens is 4. The Balaban J connectivity index is 1.76. The molecule has 1 amide bonds. The molecule has 1 heterocycles. The maximum Gasteiger partial charge on any atom is 0.416 e. The second-order valence-corrected chi connectivity index (χ2v) is 5.86. The number of aryl methyl sites for hydroxylation is 1. The second kappa shape index (κ2) is 5.88. The number of rotatable bonds is 2. The van der Waals surface area contributed by atoms with E-state index in [1.54, 1.807) is 6.33 Å². The fraction of sp³-hybridized carbons (Fsp3) is 0.333. The molecular weight excluding hydrogens is 331 g/mol. The molecule has 23 heavy (non-hydrogen) atoms. The van der Waals surface area contributed by atoms with Crippen LogP contribution in [-0.4, -0.2) is 15.9 Å². The first-order valence-electron chi connectivity index (χ1n) is 7.03. The van der Waals surface area contributed by atoms with Crippen molar-refractivity contribution in [1.29, 1.82) is 0 Å². The largest absolute Gasteiger partial charge is 0.416 e. The Hall–Kier alpha value is -2.02. The van der Waals surface area contributed by atoms with Crippen LogP contribution >= 0.6 is 11.6 Å². The highest BCUT2D eigenvalue weighted by atomic mass is 35.5. The minimum absolute atomic E-state index is 0.0260. The number of aromatic nitrogens is 2. The van der Waals surface area contributed by atoms with E-state index in [0.29, 0.717) is 19.3 Å². The highest BCUT2D eigenvalue weighted by Gasteiger charge is 2.32. The minimum atomic E-state index is -4.49. The number of H-pyrrole nitrogens is 1. The lowest BCUT2D eigenvalue weighted by Gasteiger charge is -2.21. The zero-order valence-corrected chi connectivity index (χ0v) is 12.6. The average molecular weight is 344 g/mol. The van der Waals surface area contributed by atoms with E-state index in [4.69, 9.17) is 11.6 Å². The fourth-order valence-electron chi connectivity index (χ4n) is 2.66. The zero-order valence-electron chi connectivity index (χ0n) is 11.9. The lowest BCUT2D eigenvalue weighted by molar-refractivity contribution is -0.137. The number of anilines is 1. The van der Waals surface area contributed by atoms with Crippen LogP contribution in [0.5, 0.6) is 0 Å². The van der Waals surface area contributed by atoms with Gasteiger partial charge in [0.2, 0.25) is 5.91 Å². The number of hydrogen-bond donors (Lipinski definition) is 2. The number of nitrogens with one attached hydrogen (secondary N) is 2. The van der Waals surface area contributed by atoms with Crippen LogP contribution in [-0.2, 0) is 23.8 Å². The van der Waals surface area contributed by atoms with Crippen LogP contribution in [0.3, 0.4) is 0 Å². The van der Waals surface area contributed by atoms with Crippen molar-refractivity contribution in [3.8, 4) is 0 Å². The summed E-state index contributed by atoms with van der Waals surface area (Å²) in [4.78, 5) is 19.5. The van der Waals surface area contributed by atoms with Crippen molar-refractivity contribution in [2.24, 2.45) is 5.92 Å². The summed E-state index contributed by atoms with van der Waals surface area (Å²) in [5.41, 5.74) is 0.955. The maximum atomic E-state index is 12.8. The third kappa shape index (κ3) is 3.34. The third-order valence-corrected chi connectivity index (χ3v) is 4.24. The third-order valence-electron chi connectivity index (χ3n) is 3.91. The van der Waals surface area contributed by atoms with Crippen LogP contribution < -0.4 is 5.32 Å². The second-order valence-electron chi connectivity index (χ2n) is 5.45. The Morgan fingerprint density at radius 2 is 2.17 bits per heavy atom. The molecule has 2 N–H and O–H groups in total. The number of fused-ring (bicyclic) bond motifs is 1. The first-order valence-corrected chi connectivity index (χ1v) is 7.41. The molecule has 0 saturated heterocycles. The maximum absolute atomic E-state index is 12.8. The summed E-state index contributed by atoms with van der Waals surface area (Å²) in [7, 11) is 0. The minimum Gasteiger partial charge on any atom is -0.348 e. The fourth-order valence-corrected chi connectivity index (χ4v) is 2.82. The Bertz CT molecular complexity index is 742. The van der Waals surface area contributed by atoms with Crippen molar-refractivity contribution in [3.63, 3.8) is 0 Å². The highest BCUT2D eigenvalue weighted by molar-refractivity contribution is 6.33. The summed E-state index contributed by atoms with van der Waals surface area (Å²) < 4.78 is 38.3. The predicted octanol–water partition coefficient (Wildman–Crippen LogP) is 3.83. The molecule has 0 fully saturated rings. The molecule has 3 rings (SSSR count). The van der Waals surface area contributed by atoms with Crippen molar-refractivity contribution < 1.29 is 18.0 Å². The SMILES string of the molecule is O=C(Nc1cc(C(F)(F)F)ccc1Cl)C1CCc2nc[nH]c2C1. The number of carbonyl (C=O) groups is 1. The van der Waals surface area contributed by atoms with Crippen molar-refractivity contribution in [1.82, 2.24) is 9.97 Å². The van der Waals surface area contributed by atoms with Gasteiger partial charge in [0, 0.05) is 18.0 Å². The molecule has 1 aromatic carbocycles. The van der Waals surface area contributed by atoms with Gasteiger partial charge in [0.15, 0.2) is 0 Å². The van der Waals surface area contributed by atoms with Gasteiger partial charge in [-0.3, -0.25) is 4.79 Å². The van der Waals surface area contributed by atoms with Gasteiger partial charge in [-0.15, -0.1) is 0 Å². The van der Waals surface area contributed by atoms with Crippen LogP contribution in [0.15, 0.2) is 24.5 Å². The Labute approximate surface area is 135 Å². The number of carbonyl (C=O) groups excluding carboxylic acids is 1. The molecule has 1 unspecified atom stereocenters. The van der Waals surface area contributed by atoms with Crippen molar-refractivity contribution in [2.75, 3.05) is 5.32 Å².